The quantitative estimate of drug-likeness (QED) is 0.674. The minimum atomic E-state index is -2.91. The first-order chi connectivity index (χ1) is 10.0. The lowest BCUT2D eigenvalue weighted by Gasteiger charge is -2.14. The fraction of sp³-hybridized carbons (Fsp3) is 0.600. The summed E-state index contributed by atoms with van der Waals surface area (Å²) in [6.45, 7) is 2.87. The van der Waals surface area contributed by atoms with Crippen LogP contribution in [0.3, 0.4) is 0 Å². The Morgan fingerprint density at radius 3 is 2.81 bits per heavy atom. The normalized spacial score (nSPS) is 15.1. The molecule has 1 fully saturated rings. The summed E-state index contributed by atoms with van der Waals surface area (Å²) in [5.41, 5.74) is 1.11. The highest BCUT2D eigenvalue weighted by Crippen LogP contribution is 2.30. The van der Waals surface area contributed by atoms with E-state index in [1.54, 1.807) is 6.92 Å². The molecule has 0 unspecified atom stereocenters. The van der Waals surface area contributed by atoms with E-state index in [1.165, 1.54) is 12.8 Å². The van der Waals surface area contributed by atoms with Crippen LogP contribution in [0.5, 0.6) is 5.75 Å². The number of nitrogens with one attached hydrogen (secondary N) is 1. The molecule has 1 aliphatic carbocycles. The predicted molar refractivity (Wildman–Crippen MR) is 88.4 cm³/mol. The summed E-state index contributed by atoms with van der Waals surface area (Å²) in [5, 5.41) is 3.47. The van der Waals surface area contributed by atoms with Crippen molar-refractivity contribution in [3.05, 3.63) is 28.2 Å². The van der Waals surface area contributed by atoms with Gasteiger partial charge in [-0.2, -0.15) is 0 Å². The molecule has 6 heteroatoms. The standard InChI is InChI=1S/C15H22BrNO3S/c1-2-21(18,19)10-4-9-20-15-12(5-3-6-14(15)16)11-17-13-7-8-13/h3,5-6,13,17H,2,4,7-11H2,1H3. The van der Waals surface area contributed by atoms with Gasteiger partial charge in [-0.15, -0.1) is 0 Å². The van der Waals surface area contributed by atoms with Crippen LogP contribution in [0, 0.1) is 0 Å². The second-order valence-electron chi connectivity index (χ2n) is 5.32. The molecule has 1 saturated carbocycles. The number of para-hydroxylation sites is 1. The molecule has 2 rings (SSSR count). The first kappa shape index (κ1) is 16.8. The average molecular weight is 376 g/mol. The Hall–Kier alpha value is -0.590. The molecule has 0 bridgehead atoms. The zero-order valence-electron chi connectivity index (χ0n) is 12.3. The number of hydrogen-bond donors (Lipinski definition) is 1. The van der Waals surface area contributed by atoms with E-state index in [-0.39, 0.29) is 11.5 Å². The van der Waals surface area contributed by atoms with Gasteiger partial charge in [0.05, 0.1) is 16.8 Å². The molecule has 1 N–H and O–H groups in total. The number of halogens is 1. The molecular weight excluding hydrogens is 354 g/mol. The Morgan fingerprint density at radius 2 is 2.14 bits per heavy atom. The van der Waals surface area contributed by atoms with Gasteiger partial charge in [-0.25, -0.2) is 8.42 Å². The molecule has 21 heavy (non-hydrogen) atoms. The van der Waals surface area contributed by atoms with Crippen molar-refractivity contribution < 1.29 is 13.2 Å². The molecule has 0 amide bonds. The number of benzene rings is 1. The summed E-state index contributed by atoms with van der Waals surface area (Å²) in [7, 11) is -2.91. The Balaban J connectivity index is 1.88. The second kappa shape index (κ2) is 7.61. The van der Waals surface area contributed by atoms with Crippen LogP contribution in [0.2, 0.25) is 0 Å². The van der Waals surface area contributed by atoms with E-state index < -0.39 is 9.84 Å². The van der Waals surface area contributed by atoms with Crippen molar-refractivity contribution in [3.63, 3.8) is 0 Å². The van der Waals surface area contributed by atoms with Crippen molar-refractivity contribution in [3.8, 4) is 5.75 Å². The third-order valence-corrected chi connectivity index (χ3v) is 5.91. The van der Waals surface area contributed by atoms with Crippen molar-refractivity contribution in [1.82, 2.24) is 5.32 Å². The Labute approximate surface area is 135 Å². The lowest BCUT2D eigenvalue weighted by molar-refractivity contribution is 0.311. The second-order valence-corrected chi connectivity index (χ2v) is 8.65. The molecule has 1 aromatic carbocycles. The van der Waals surface area contributed by atoms with Gasteiger partial charge in [0.15, 0.2) is 0 Å². The summed E-state index contributed by atoms with van der Waals surface area (Å²) in [4.78, 5) is 0. The third kappa shape index (κ3) is 5.60. The average Bonchev–Trinajstić information content (AvgIpc) is 3.27. The summed E-state index contributed by atoms with van der Waals surface area (Å²) < 4.78 is 29.6. The molecule has 0 saturated heterocycles. The van der Waals surface area contributed by atoms with Gasteiger partial charge in [0, 0.05) is 23.9 Å². The molecule has 0 aliphatic heterocycles. The monoisotopic (exact) mass is 375 g/mol. The van der Waals surface area contributed by atoms with Crippen LogP contribution in [0.15, 0.2) is 22.7 Å². The van der Waals surface area contributed by atoms with Crippen LogP contribution in [-0.4, -0.2) is 32.6 Å². The zero-order chi connectivity index (χ0) is 15.3. The summed E-state index contributed by atoms with van der Waals surface area (Å²) in [6, 6.07) is 6.62. The van der Waals surface area contributed by atoms with Crippen molar-refractivity contribution in [2.75, 3.05) is 18.1 Å². The van der Waals surface area contributed by atoms with Crippen LogP contribution in [0.1, 0.15) is 31.7 Å². The van der Waals surface area contributed by atoms with Crippen LogP contribution >= 0.6 is 15.9 Å². The van der Waals surface area contributed by atoms with Crippen LogP contribution in [0.4, 0.5) is 0 Å². The highest BCUT2D eigenvalue weighted by atomic mass is 79.9. The van der Waals surface area contributed by atoms with E-state index in [0.717, 1.165) is 22.3 Å². The van der Waals surface area contributed by atoms with E-state index in [4.69, 9.17) is 4.74 Å². The molecule has 0 radical (unpaired) electrons. The first-order valence-electron chi connectivity index (χ1n) is 7.36. The summed E-state index contributed by atoms with van der Waals surface area (Å²) >= 11 is 3.50. The third-order valence-electron chi connectivity index (χ3n) is 3.49. The molecule has 1 aliphatic rings. The van der Waals surface area contributed by atoms with E-state index in [0.29, 0.717) is 19.1 Å². The molecule has 4 nitrogen and oxygen atoms in total. The maximum atomic E-state index is 11.5. The van der Waals surface area contributed by atoms with Gasteiger partial charge in [-0.05, 0) is 41.3 Å². The van der Waals surface area contributed by atoms with E-state index >= 15 is 0 Å². The molecule has 0 heterocycles. The lowest BCUT2D eigenvalue weighted by atomic mass is 10.2. The lowest BCUT2D eigenvalue weighted by Crippen LogP contribution is -2.17. The molecule has 118 valence electrons. The highest BCUT2D eigenvalue weighted by Gasteiger charge is 2.21. The fourth-order valence-electron chi connectivity index (χ4n) is 1.99. The van der Waals surface area contributed by atoms with E-state index in [1.807, 2.05) is 18.2 Å². The smallest absolute Gasteiger partial charge is 0.150 e. The maximum Gasteiger partial charge on any atom is 0.150 e. The Bertz CT molecular complexity index is 570. The van der Waals surface area contributed by atoms with Crippen LogP contribution in [0.25, 0.3) is 0 Å². The molecule has 0 atom stereocenters. The van der Waals surface area contributed by atoms with Gasteiger partial charge in [-0.1, -0.05) is 19.1 Å². The predicted octanol–water partition coefficient (Wildman–Crippen LogP) is 2.90. The topological polar surface area (TPSA) is 55.4 Å². The number of hydrogen-bond acceptors (Lipinski definition) is 4. The van der Waals surface area contributed by atoms with Gasteiger partial charge in [0.1, 0.15) is 15.6 Å². The highest BCUT2D eigenvalue weighted by molar-refractivity contribution is 9.10. The number of sulfone groups is 1. The van der Waals surface area contributed by atoms with E-state index in [9.17, 15) is 8.42 Å². The fourth-order valence-corrected chi connectivity index (χ4v) is 3.36. The molecule has 0 spiro atoms. The van der Waals surface area contributed by atoms with Gasteiger partial charge >= 0.3 is 0 Å². The van der Waals surface area contributed by atoms with Gasteiger partial charge in [0.2, 0.25) is 0 Å². The van der Waals surface area contributed by atoms with E-state index in [2.05, 4.69) is 21.2 Å². The van der Waals surface area contributed by atoms with Crippen LogP contribution < -0.4 is 10.1 Å². The van der Waals surface area contributed by atoms with Gasteiger partial charge < -0.3 is 10.1 Å². The number of ether oxygens (including phenoxy) is 1. The van der Waals surface area contributed by atoms with Crippen molar-refractivity contribution in [2.45, 2.75) is 38.8 Å². The largest absolute Gasteiger partial charge is 0.492 e. The summed E-state index contributed by atoms with van der Waals surface area (Å²) in [5.74, 6) is 1.20. The first-order valence-corrected chi connectivity index (χ1v) is 9.97. The van der Waals surface area contributed by atoms with Gasteiger partial charge in [0.25, 0.3) is 0 Å². The van der Waals surface area contributed by atoms with Gasteiger partial charge in [-0.3, -0.25) is 0 Å². The van der Waals surface area contributed by atoms with Crippen LogP contribution in [-0.2, 0) is 16.4 Å². The Kier molecular flexibility index (Phi) is 6.08. The SMILES string of the molecule is CCS(=O)(=O)CCCOc1c(Br)cccc1CNC1CC1. The Morgan fingerprint density at radius 1 is 1.38 bits per heavy atom. The minimum absolute atomic E-state index is 0.184. The summed E-state index contributed by atoms with van der Waals surface area (Å²) in [6.07, 6.45) is 3.02. The minimum Gasteiger partial charge on any atom is -0.492 e. The van der Waals surface area contributed by atoms with Crippen molar-refractivity contribution >= 4 is 25.8 Å². The molecular formula is C15H22BrNO3S. The zero-order valence-corrected chi connectivity index (χ0v) is 14.7. The molecule has 1 aromatic rings. The van der Waals surface area contributed by atoms with Crippen molar-refractivity contribution in [2.24, 2.45) is 0 Å². The van der Waals surface area contributed by atoms with Crippen molar-refractivity contribution in [1.29, 1.82) is 0 Å². The molecule has 0 aromatic heterocycles. The maximum absolute atomic E-state index is 11.5. The number of rotatable bonds is 9.